The predicted molar refractivity (Wildman–Crippen MR) is 83.6 cm³/mol. The molecule has 0 amide bonds. The molecule has 1 aliphatic rings. The summed E-state index contributed by atoms with van der Waals surface area (Å²) in [4.78, 5) is 2.29. The highest BCUT2D eigenvalue weighted by atomic mass is 16.5. The van der Waals surface area contributed by atoms with E-state index in [1.54, 1.807) is 0 Å². The number of aryl methyl sites for hydroxylation is 1. The van der Waals surface area contributed by atoms with Crippen molar-refractivity contribution in [2.45, 2.75) is 44.8 Å². The third-order valence-electron chi connectivity index (χ3n) is 4.12. The monoisotopic (exact) mass is 293 g/mol. The van der Waals surface area contributed by atoms with Gasteiger partial charge in [-0.15, -0.1) is 0 Å². The maximum atomic E-state index is 10.2. The maximum Gasteiger partial charge on any atom is 0.119 e. The molecular formula is C17H27NO3. The Morgan fingerprint density at radius 2 is 2.05 bits per heavy atom. The number of hydrogen-bond donors (Lipinski definition) is 2. The Kier molecular flexibility index (Phi) is 6.49. The zero-order valence-corrected chi connectivity index (χ0v) is 12.9. The van der Waals surface area contributed by atoms with Gasteiger partial charge in [-0.05, 0) is 44.9 Å². The van der Waals surface area contributed by atoms with Crippen molar-refractivity contribution < 1.29 is 14.9 Å². The molecule has 2 rings (SSSR count). The van der Waals surface area contributed by atoms with Crippen molar-refractivity contribution in [2.75, 3.05) is 26.3 Å². The quantitative estimate of drug-likeness (QED) is 0.807. The first-order chi connectivity index (χ1) is 10.2. The first-order valence-electron chi connectivity index (χ1n) is 7.91. The topological polar surface area (TPSA) is 52.9 Å². The Balaban J connectivity index is 1.77. The van der Waals surface area contributed by atoms with E-state index in [0.29, 0.717) is 19.2 Å². The second-order valence-electron chi connectivity index (χ2n) is 5.93. The van der Waals surface area contributed by atoms with Crippen LogP contribution in [0.2, 0.25) is 0 Å². The zero-order valence-electron chi connectivity index (χ0n) is 12.9. The Morgan fingerprint density at radius 3 is 2.76 bits per heavy atom. The molecule has 1 aliphatic heterocycles. The smallest absolute Gasteiger partial charge is 0.119 e. The summed E-state index contributed by atoms with van der Waals surface area (Å²) in [6.45, 7) is 4.20. The summed E-state index contributed by atoms with van der Waals surface area (Å²) in [6, 6.07) is 8.26. The molecule has 2 atom stereocenters. The average molecular weight is 293 g/mol. The van der Waals surface area contributed by atoms with E-state index in [-0.39, 0.29) is 6.61 Å². The van der Waals surface area contributed by atoms with Gasteiger partial charge in [-0.25, -0.2) is 0 Å². The number of aliphatic hydroxyl groups excluding tert-OH is 2. The fourth-order valence-corrected chi connectivity index (χ4v) is 2.93. The fourth-order valence-electron chi connectivity index (χ4n) is 2.93. The average Bonchev–Trinajstić information content (AvgIpc) is 2.49. The Morgan fingerprint density at radius 1 is 1.29 bits per heavy atom. The van der Waals surface area contributed by atoms with Gasteiger partial charge in [-0.3, -0.25) is 4.90 Å². The van der Waals surface area contributed by atoms with Crippen molar-refractivity contribution in [2.24, 2.45) is 0 Å². The summed E-state index contributed by atoms with van der Waals surface area (Å²) in [5, 5.41) is 19.3. The van der Waals surface area contributed by atoms with Crippen LogP contribution in [0.15, 0.2) is 24.3 Å². The van der Waals surface area contributed by atoms with E-state index < -0.39 is 6.10 Å². The van der Waals surface area contributed by atoms with E-state index in [1.807, 2.05) is 31.2 Å². The van der Waals surface area contributed by atoms with Gasteiger partial charge in [-0.1, -0.05) is 24.1 Å². The number of benzene rings is 1. The van der Waals surface area contributed by atoms with E-state index in [4.69, 9.17) is 9.84 Å². The number of nitrogens with zero attached hydrogens (tertiary/aromatic N) is 1. The van der Waals surface area contributed by atoms with Crippen molar-refractivity contribution in [1.29, 1.82) is 0 Å². The number of β-amino-alcohol motifs (C(OH)–C–C–N with tert-alkyl or cyclic N) is 1. The molecule has 0 spiro atoms. The predicted octanol–water partition coefficient (Wildman–Crippen LogP) is 1.97. The van der Waals surface area contributed by atoms with Crippen LogP contribution in [0.25, 0.3) is 0 Å². The molecule has 1 saturated heterocycles. The summed E-state index contributed by atoms with van der Waals surface area (Å²) in [5.41, 5.74) is 1.20. The van der Waals surface area contributed by atoms with Crippen molar-refractivity contribution in [3.05, 3.63) is 29.8 Å². The standard InChI is InChI=1S/C17H27NO3/c1-14-5-7-17(8-6-14)21-13-16(20)12-18-10-3-2-4-15(18)9-11-19/h5-8,15-16,19-20H,2-4,9-13H2,1H3. The summed E-state index contributed by atoms with van der Waals surface area (Å²) in [7, 11) is 0. The summed E-state index contributed by atoms with van der Waals surface area (Å²) < 4.78 is 5.63. The highest BCUT2D eigenvalue weighted by molar-refractivity contribution is 5.26. The third-order valence-corrected chi connectivity index (χ3v) is 4.12. The lowest BCUT2D eigenvalue weighted by Crippen LogP contribution is -2.45. The van der Waals surface area contributed by atoms with Crippen LogP contribution >= 0.6 is 0 Å². The van der Waals surface area contributed by atoms with Gasteiger partial charge < -0.3 is 14.9 Å². The molecule has 0 aliphatic carbocycles. The van der Waals surface area contributed by atoms with Crippen molar-refractivity contribution in [1.82, 2.24) is 4.90 Å². The van der Waals surface area contributed by atoms with Gasteiger partial charge in [0.25, 0.3) is 0 Å². The minimum absolute atomic E-state index is 0.219. The van der Waals surface area contributed by atoms with Crippen LogP contribution in [0.3, 0.4) is 0 Å². The minimum atomic E-state index is -0.495. The van der Waals surface area contributed by atoms with Crippen LogP contribution in [0.4, 0.5) is 0 Å². The van der Waals surface area contributed by atoms with Gasteiger partial charge >= 0.3 is 0 Å². The molecular weight excluding hydrogens is 266 g/mol. The largest absolute Gasteiger partial charge is 0.491 e. The van der Waals surface area contributed by atoms with E-state index >= 15 is 0 Å². The molecule has 2 N–H and O–H groups in total. The summed E-state index contributed by atoms with van der Waals surface area (Å²) >= 11 is 0. The van der Waals surface area contributed by atoms with Crippen LogP contribution < -0.4 is 4.74 Å². The molecule has 21 heavy (non-hydrogen) atoms. The maximum absolute atomic E-state index is 10.2. The van der Waals surface area contributed by atoms with E-state index in [2.05, 4.69) is 4.90 Å². The van der Waals surface area contributed by atoms with Gasteiger partial charge in [0.1, 0.15) is 18.5 Å². The lowest BCUT2D eigenvalue weighted by molar-refractivity contribution is 0.0332. The Labute approximate surface area is 127 Å². The summed E-state index contributed by atoms with van der Waals surface area (Å²) in [6.07, 6.45) is 3.81. The van der Waals surface area contributed by atoms with E-state index in [1.165, 1.54) is 18.4 Å². The van der Waals surface area contributed by atoms with Gasteiger partial charge in [0.15, 0.2) is 0 Å². The Hall–Kier alpha value is -1.10. The molecule has 2 unspecified atom stereocenters. The SMILES string of the molecule is Cc1ccc(OCC(O)CN2CCCCC2CCO)cc1. The van der Waals surface area contributed by atoms with E-state index in [0.717, 1.165) is 25.1 Å². The number of hydrogen-bond acceptors (Lipinski definition) is 4. The fraction of sp³-hybridized carbons (Fsp3) is 0.647. The highest BCUT2D eigenvalue weighted by Crippen LogP contribution is 2.20. The number of ether oxygens (including phenoxy) is 1. The van der Waals surface area contributed by atoms with Crippen LogP contribution in [0.1, 0.15) is 31.2 Å². The minimum Gasteiger partial charge on any atom is -0.491 e. The number of likely N-dealkylation sites (tertiary alicyclic amines) is 1. The van der Waals surface area contributed by atoms with Gasteiger partial charge in [0.05, 0.1) is 0 Å². The molecule has 0 bridgehead atoms. The van der Waals surface area contributed by atoms with Gasteiger partial charge in [-0.2, -0.15) is 0 Å². The number of piperidine rings is 1. The number of aliphatic hydroxyl groups is 2. The van der Waals surface area contributed by atoms with Crippen molar-refractivity contribution in [3.8, 4) is 5.75 Å². The normalized spacial score (nSPS) is 21.2. The molecule has 1 aromatic rings. The van der Waals surface area contributed by atoms with Crippen molar-refractivity contribution in [3.63, 3.8) is 0 Å². The van der Waals surface area contributed by atoms with Crippen molar-refractivity contribution >= 4 is 0 Å². The van der Waals surface area contributed by atoms with Crippen LogP contribution in [0.5, 0.6) is 5.75 Å². The summed E-state index contributed by atoms with van der Waals surface area (Å²) in [5.74, 6) is 0.796. The zero-order chi connectivity index (χ0) is 15.1. The Bertz CT molecular complexity index is 405. The second kappa shape index (κ2) is 8.37. The van der Waals surface area contributed by atoms with E-state index in [9.17, 15) is 5.11 Å². The third kappa shape index (κ3) is 5.30. The molecule has 1 aromatic carbocycles. The van der Waals surface area contributed by atoms with Crippen LogP contribution in [-0.2, 0) is 0 Å². The lowest BCUT2D eigenvalue weighted by Gasteiger charge is -2.36. The first-order valence-corrected chi connectivity index (χ1v) is 7.91. The molecule has 4 nitrogen and oxygen atoms in total. The molecule has 1 fully saturated rings. The number of rotatable bonds is 7. The van der Waals surface area contributed by atoms with Crippen LogP contribution in [-0.4, -0.2) is 53.6 Å². The molecule has 1 heterocycles. The first kappa shape index (κ1) is 16.3. The van der Waals surface area contributed by atoms with Crippen LogP contribution in [0, 0.1) is 6.92 Å². The van der Waals surface area contributed by atoms with Gasteiger partial charge in [0, 0.05) is 19.2 Å². The lowest BCUT2D eigenvalue weighted by atomic mass is 9.99. The molecule has 0 aromatic heterocycles. The second-order valence-corrected chi connectivity index (χ2v) is 5.93. The molecule has 0 saturated carbocycles. The molecule has 4 heteroatoms. The molecule has 118 valence electrons. The highest BCUT2D eigenvalue weighted by Gasteiger charge is 2.23. The molecule has 0 radical (unpaired) electrons. The van der Waals surface area contributed by atoms with Gasteiger partial charge in [0.2, 0.25) is 0 Å².